The lowest BCUT2D eigenvalue weighted by Crippen LogP contribution is -2.43. The first-order valence-corrected chi connectivity index (χ1v) is 10.7. The Balaban J connectivity index is 1.47. The van der Waals surface area contributed by atoms with E-state index >= 15 is 0 Å². The van der Waals surface area contributed by atoms with Gasteiger partial charge in [0.25, 0.3) is 0 Å². The Morgan fingerprint density at radius 1 is 1.19 bits per heavy atom. The third-order valence-corrected chi connectivity index (χ3v) is 6.51. The number of carbonyl (C=O) groups is 1. The highest BCUT2D eigenvalue weighted by molar-refractivity contribution is 7.92. The summed E-state index contributed by atoms with van der Waals surface area (Å²) in [6.45, 7) is 2.07. The molecule has 1 amide bonds. The molecule has 142 valence electrons. The first kappa shape index (κ1) is 19.1. The van der Waals surface area contributed by atoms with Crippen molar-refractivity contribution in [1.29, 1.82) is 0 Å². The van der Waals surface area contributed by atoms with E-state index in [2.05, 4.69) is 5.32 Å². The van der Waals surface area contributed by atoms with Gasteiger partial charge in [0.1, 0.15) is 0 Å². The number of carbonyl (C=O) groups excluding carboxylic acids is 1. The SMILES string of the molecule is O=C(NCC1CCCO1)C1CCN(S(=O)(=O)/C=C/c2ccccc2)CC1. The van der Waals surface area contributed by atoms with Gasteiger partial charge in [-0.05, 0) is 37.3 Å². The number of piperidine rings is 1. The van der Waals surface area contributed by atoms with Crippen molar-refractivity contribution in [2.45, 2.75) is 31.8 Å². The molecule has 2 aliphatic rings. The summed E-state index contributed by atoms with van der Waals surface area (Å²) in [5.74, 6) is -0.113. The number of amides is 1. The fourth-order valence-electron chi connectivity index (χ4n) is 3.35. The van der Waals surface area contributed by atoms with Crippen molar-refractivity contribution in [2.75, 3.05) is 26.2 Å². The van der Waals surface area contributed by atoms with E-state index < -0.39 is 10.0 Å². The van der Waals surface area contributed by atoms with Gasteiger partial charge in [-0.3, -0.25) is 4.79 Å². The maximum Gasteiger partial charge on any atom is 0.236 e. The number of hydrogen-bond donors (Lipinski definition) is 1. The Bertz CT molecular complexity index is 719. The molecule has 1 N–H and O–H groups in total. The van der Waals surface area contributed by atoms with Gasteiger partial charge in [-0.25, -0.2) is 8.42 Å². The summed E-state index contributed by atoms with van der Waals surface area (Å²) in [6.07, 6.45) is 4.88. The summed E-state index contributed by atoms with van der Waals surface area (Å²) >= 11 is 0. The van der Waals surface area contributed by atoms with Gasteiger partial charge in [-0.15, -0.1) is 0 Å². The highest BCUT2D eigenvalue weighted by Gasteiger charge is 2.30. The number of rotatable bonds is 6. The molecule has 0 aliphatic carbocycles. The lowest BCUT2D eigenvalue weighted by Gasteiger charge is -2.29. The summed E-state index contributed by atoms with van der Waals surface area (Å²) in [5.41, 5.74) is 0.847. The molecule has 1 aromatic rings. The molecule has 0 radical (unpaired) electrons. The van der Waals surface area contributed by atoms with Crippen molar-refractivity contribution in [3.63, 3.8) is 0 Å². The molecule has 2 saturated heterocycles. The second kappa shape index (κ2) is 8.79. The molecule has 1 unspecified atom stereocenters. The van der Waals surface area contributed by atoms with Gasteiger partial charge in [0.2, 0.25) is 15.9 Å². The Morgan fingerprint density at radius 3 is 2.58 bits per heavy atom. The van der Waals surface area contributed by atoms with Crippen molar-refractivity contribution in [3.8, 4) is 0 Å². The van der Waals surface area contributed by atoms with Crippen LogP contribution in [-0.4, -0.2) is 51.0 Å². The number of hydrogen-bond acceptors (Lipinski definition) is 4. The molecule has 26 heavy (non-hydrogen) atoms. The minimum atomic E-state index is -3.45. The molecular weight excluding hydrogens is 352 g/mol. The first-order chi connectivity index (χ1) is 12.5. The van der Waals surface area contributed by atoms with E-state index in [1.165, 1.54) is 9.71 Å². The van der Waals surface area contributed by atoms with Crippen LogP contribution in [0.25, 0.3) is 6.08 Å². The van der Waals surface area contributed by atoms with Crippen molar-refractivity contribution < 1.29 is 17.9 Å². The van der Waals surface area contributed by atoms with E-state index in [-0.39, 0.29) is 17.9 Å². The summed E-state index contributed by atoms with van der Waals surface area (Å²) in [4.78, 5) is 12.3. The van der Waals surface area contributed by atoms with Crippen LogP contribution in [-0.2, 0) is 19.6 Å². The largest absolute Gasteiger partial charge is 0.376 e. The standard InChI is InChI=1S/C19H26N2O4S/c22-19(20-15-18-7-4-13-25-18)17-8-11-21(12-9-17)26(23,24)14-10-16-5-2-1-3-6-16/h1-3,5-6,10,14,17-18H,4,7-9,11-13,15H2,(H,20,22)/b14-10+. The van der Waals surface area contributed by atoms with Gasteiger partial charge in [-0.1, -0.05) is 30.3 Å². The summed E-state index contributed by atoms with van der Waals surface area (Å²) < 4.78 is 31.9. The van der Waals surface area contributed by atoms with Gasteiger partial charge in [0.05, 0.1) is 6.10 Å². The van der Waals surface area contributed by atoms with Crippen molar-refractivity contribution in [1.82, 2.24) is 9.62 Å². The molecule has 3 rings (SSSR count). The molecule has 2 heterocycles. The maximum atomic E-state index is 12.5. The van der Waals surface area contributed by atoms with Crippen LogP contribution in [0.3, 0.4) is 0 Å². The van der Waals surface area contributed by atoms with Crippen LogP contribution >= 0.6 is 0 Å². The molecule has 7 heteroatoms. The molecule has 2 aliphatic heterocycles. The topological polar surface area (TPSA) is 75.7 Å². The Labute approximate surface area is 155 Å². The molecule has 0 aromatic heterocycles. The molecule has 0 saturated carbocycles. The first-order valence-electron chi connectivity index (χ1n) is 9.17. The zero-order valence-corrected chi connectivity index (χ0v) is 15.7. The zero-order chi connectivity index (χ0) is 18.4. The molecule has 6 nitrogen and oxygen atoms in total. The van der Waals surface area contributed by atoms with Crippen LogP contribution < -0.4 is 5.32 Å². The van der Waals surface area contributed by atoms with E-state index in [1.807, 2.05) is 30.3 Å². The second-order valence-electron chi connectivity index (χ2n) is 6.81. The fraction of sp³-hybridized carbons (Fsp3) is 0.526. The number of nitrogens with one attached hydrogen (secondary N) is 1. The van der Waals surface area contributed by atoms with E-state index in [0.717, 1.165) is 25.0 Å². The van der Waals surface area contributed by atoms with Gasteiger partial charge in [-0.2, -0.15) is 4.31 Å². The van der Waals surface area contributed by atoms with E-state index in [4.69, 9.17) is 4.74 Å². The highest BCUT2D eigenvalue weighted by Crippen LogP contribution is 2.21. The Kier molecular flexibility index (Phi) is 6.45. The van der Waals surface area contributed by atoms with Gasteiger partial charge in [0.15, 0.2) is 0 Å². The maximum absolute atomic E-state index is 12.5. The number of benzene rings is 1. The predicted molar refractivity (Wildman–Crippen MR) is 101 cm³/mol. The molecule has 1 atom stereocenters. The monoisotopic (exact) mass is 378 g/mol. The summed E-state index contributed by atoms with van der Waals surface area (Å²) in [5, 5.41) is 4.20. The third-order valence-electron chi connectivity index (χ3n) is 4.94. The van der Waals surface area contributed by atoms with E-state index in [0.29, 0.717) is 32.5 Å². The highest BCUT2D eigenvalue weighted by atomic mass is 32.2. The van der Waals surface area contributed by atoms with Crippen molar-refractivity contribution in [3.05, 3.63) is 41.3 Å². The smallest absolute Gasteiger partial charge is 0.236 e. The zero-order valence-electron chi connectivity index (χ0n) is 14.8. The number of nitrogens with zero attached hydrogens (tertiary/aromatic N) is 1. The van der Waals surface area contributed by atoms with Crippen LogP contribution in [0, 0.1) is 5.92 Å². The van der Waals surface area contributed by atoms with Crippen LogP contribution in [0.15, 0.2) is 35.7 Å². The van der Waals surface area contributed by atoms with E-state index in [1.54, 1.807) is 6.08 Å². The Morgan fingerprint density at radius 2 is 1.92 bits per heavy atom. The van der Waals surface area contributed by atoms with Crippen LogP contribution in [0.2, 0.25) is 0 Å². The summed E-state index contributed by atoms with van der Waals surface area (Å²) in [6, 6.07) is 9.34. The number of ether oxygens (including phenoxy) is 1. The van der Waals surface area contributed by atoms with Crippen LogP contribution in [0.4, 0.5) is 0 Å². The normalized spacial score (nSPS) is 22.7. The second-order valence-corrected chi connectivity index (χ2v) is 8.63. The van der Waals surface area contributed by atoms with E-state index in [9.17, 15) is 13.2 Å². The van der Waals surface area contributed by atoms with Crippen molar-refractivity contribution in [2.24, 2.45) is 5.92 Å². The molecule has 0 spiro atoms. The van der Waals surface area contributed by atoms with Crippen LogP contribution in [0.1, 0.15) is 31.2 Å². The minimum Gasteiger partial charge on any atom is -0.376 e. The minimum absolute atomic E-state index is 0.0115. The van der Waals surface area contributed by atoms with Crippen molar-refractivity contribution >= 4 is 22.0 Å². The molecule has 0 bridgehead atoms. The van der Waals surface area contributed by atoms with Gasteiger partial charge >= 0.3 is 0 Å². The molecule has 1 aromatic carbocycles. The molecule has 2 fully saturated rings. The lowest BCUT2D eigenvalue weighted by molar-refractivity contribution is -0.126. The van der Waals surface area contributed by atoms with Gasteiger partial charge in [0, 0.05) is 37.6 Å². The Hall–Kier alpha value is -1.70. The van der Waals surface area contributed by atoms with Gasteiger partial charge < -0.3 is 10.1 Å². The average Bonchev–Trinajstić information content (AvgIpc) is 3.19. The summed E-state index contributed by atoms with van der Waals surface area (Å²) in [7, 11) is -3.45. The fourth-order valence-corrected chi connectivity index (χ4v) is 4.57. The quantitative estimate of drug-likeness (QED) is 0.821. The molecular formula is C19H26N2O4S. The number of sulfonamides is 1. The third kappa shape index (κ3) is 5.16. The average molecular weight is 378 g/mol. The lowest BCUT2D eigenvalue weighted by atomic mass is 9.97. The van der Waals surface area contributed by atoms with Crippen LogP contribution in [0.5, 0.6) is 0 Å². The predicted octanol–water partition coefficient (Wildman–Crippen LogP) is 1.99.